The molecule has 0 saturated carbocycles. The fourth-order valence-corrected chi connectivity index (χ4v) is 4.78. The van der Waals surface area contributed by atoms with Crippen molar-refractivity contribution < 1.29 is 53.7 Å². The summed E-state index contributed by atoms with van der Waals surface area (Å²) in [6.45, 7) is 2.88. The first kappa shape index (κ1) is 28.6. The van der Waals surface area contributed by atoms with Gasteiger partial charge in [-0.15, -0.1) is 0 Å². The molecule has 2 aliphatic heterocycles. The van der Waals surface area contributed by atoms with Crippen LogP contribution in [0.5, 0.6) is 17.2 Å². The van der Waals surface area contributed by atoms with E-state index in [4.69, 9.17) is 23.4 Å². The van der Waals surface area contributed by atoms with Gasteiger partial charge in [-0.3, -0.25) is 0 Å². The highest BCUT2D eigenvalue weighted by Crippen LogP contribution is 2.45. The minimum absolute atomic E-state index is 0.00549. The summed E-state index contributed by atoms with van der Waals surface area (Å²) < 4.78 is 28.0. The highest BCUT2D eigenvalue weighted by atomic mass is 16.7. The third-order valence-electron chi connectivity index (χ3n) is 7.14. The summed E-state index contributed by atoms with van der Waals surface area (Å²) in [6.07, 6.45) is -5.30. The van der Waals surface area contributed by atoms with Gasteiger partial charge in [0.2, 0.25) is 5.75 Å². The van der Waals surface area contributed by atoms with Crippen LogP contribution in [0.1, 0.15) is 25.0 Å². The van der Waals surface area contributed by atoms with E-state index in [2.05, 4.69) is 0 Å². The SMILES string of the molecule is CC(C)(O[C@H]1O[C@@H](COC(=O)C=Cc2ccc(O)cc2)[C@H](O)[C@H](O)[C@@H]1O)[C@@H]1Cc2cc3ccc(=O)oc3c(O)c2O1. The Bertz CT molecular complexity index is 1510. The maximum Gasteiger partial charge on any atom is 0.336 e. The first-order valence-electron chi connectivity index (χ1n) is 12.9. The smallest absolute Gasteiger partial charge is 0.336 e. The number of ether oxygens (including phenoxy) is 4. The summed E-state index contributed by atoms with van der Waals surface area (Å²) >= 11 is 0. The van der Waals surface area contributed by atoms with E-state index < -0.39 is 60.6 Å². The topological polar surface area (TPSA) is 185 Å². The number of hydrogen-bond donors (Lipinski definition) is 5. The van der Waals surface area contributed by atoms with Crippen LogP contribution in [0.15, 0.2) is 57.8 Å². The molecule has 0 amide bonds. The molecule has 2 aromatic carbocycles. The Morgan fingerprint density at radius 2 is 1.78 bits per heavy atom. The first-order valence-corrected chi connectivity index (χ1v) is 12.9. The number of phenolic OH excluding ortho intramolecular Hbond substituents is 2. The molecule has 1 aromatic heterocycles. The Morgan fingerprint density at radius 1 is 1.05 bits per heavy atom. The van der Waals surface area contributed by atoms with E-state index in [0.29, 0.717) is 22.9 Å². The van der Waals surface area contributed by atoms with E-state index in [1.165, 1.54) is 30.3 Å². The predicted molar refractivity (Wildman–Crippen MR) is 142 cm³/mol. The molecule has 1 fully saturated rings. The summed E-state index contributed by atoms with van der Waals surface area (Å²) in [4.78, 5) is 23.8. The van der Waals surface area contributed by atoms with Crippen LogP contribution in [-0.2, 0) is 25.4 Å². The Balaban J connectivity index is 1.24. The van der Waals surface area contributed by atoms with Crippen LogP contribution < -0.4 is 10.4 Å². The normalized spacial score (nSPS) is 26.2. The van der Waals surface area contributed by atoms with Gasteiger partial charge in [0.05, 0.1) is 0 Å². The van der Waals surface area contributed by atoms with Crippen molar-refractivity contribution in [2.24, 2.45) is 0 Å². The minimum Gasteiger partial charge on any atom is -0.508 e. The average molecular weight is 571 g/mol. The monoisotopic (exact) mass is 570 g/mol. The maximum atomic E-state index is 12.2. The molecule has 12 heteroatoms. The quantitative estimate of drug-likeness (QED) is 0.156. The summed E-state index contributed by atoms with van der Waals surface area (Å²) in [5, 5.41) is 52.0. The number of fused-ring (bicyclic) bond motifs is 2. The summed E-state index contributed by atoms with van der Waals surface area (Å²) in [5.41, 5.74) is -0.500. The number of benzene rings is 2. The number of aliphatic hydroxyl groups is 3. The van der Waals surface area contributed by atoms with Gasteiger partial charge in [-0.1, -0.05) is 12.1 Å². The predicted octanol–water partition coefficient (Wildman–Crippen LogP) is 1.37. The molecule has 0 bridgehead atoms. The van der Waals surface area contributed by atoms with Crippen molar-refractivity contribution in [1.29, 1.82) is 0 Å². The van der Waals surface area contributed by atoms with Crippen LogP contribution in [0.4, 0.5) is 0 Å². The Labute approximate surface area is 233 Å². The lowest BCUT2D eigenvalue weighted by Gasteiger charge is -2.43. The van der Waals surface area contributed by atoms with Crippen molar-refractivity contribution in [2.45, 2.75) is 62.7 Å². The van der Waals surface area contributed by atoms with Crippen LogP contribution in [0.3, 0.4) is 0 Å². The molecular formula is C29H30O12. The summed E-state index contributed by atoms with van der Waals surface area (Å²) in [5.74, 6) is -0.839. The van der Waals surface area contributed by atoms with Crippen LogP contribution in [0, 0.1) is 0 Å². The van der Waals surface area contributed by atoms with Crippen molar-refractivity contribution >= 4 is 23.0 Å². The number of hydrogen-bond acceptors (Lipinski definition) is 12. The van der Waals surface area contributed by atoms with E-state index in [0.717, 1.165) is 6.08 Å². The van der Waals surface area contributed by atoms with Crippen LogP contribution in [0.2, 0.25) is 0 Å². The zero-order valence-electron chi connectivity index (χ0n) is 22.2. The van der Waals surface area contributed by atoms with E-state index in [1.807, 2.05) is 0 Å². The number of aromatic hydroxyl groups is 2. The molecule has 218 valence electrons. The fraction of sp³-hybridized carbons (Fsp3) is 0.379. The van der Waals surface area contributed by atoms with Gasteiger partial charge in [-0.25, -0.2) is 9.59 Å². The third kappa shape index (κ3) is 5.92. The number of rotatable bonds is 7. The molecule has 6 atom stereocenters. The molecule has 0 spiro atoms. The van der Waals surface area contributed by atoms with Gasteiger partial charge < -0.3 is 48.9 Å². The molecule has 12 nitrogen and oxygen atoms in total. The third-order valence-corrected chi connectivity index (χ3v) is 7.14. The maximum absolute atomic E-state index is 12.2. The fourth-order valence-electron chi connectivity index (χ4n) is 4.78. The lowest BCUT2D eigenvalue weighted by atomic mass is 9.95. The molecule has 3 aromatic rings. The van der Waals surface area contributed by atoms with Crippen molar-refractivity contribution in [3.8, 4) is 17.2 Å². The van der Waals surface area contributed by atoms with Gasteiger partial charge >= 0.3 is 11.6 Å². The number of carbonyl (C=O) groups is 1. The molecule has 0 aliphatic carbocycles. The van der Waals surface area contributed by atoms with Crippen LogP contribution in [0.25, 0.3) is 17.0 Å². The summed E-state index contributed by atoms with van der Waals surface area (Å²) in [6, 6.07) is 10.6. The van der Waals surface area contributed by atoms with Crippen LogP contribution in [-0.4, -0.2) is 80.5 Å². The van der Waals surface area contributed by atoms with Gasteiger partial charge in [-0.05, 0) is 49.8 Å². The number of esters is 1. The molecule has 1 saturated heterocycles. The Morgan fingerprint density at radius 3 is 2.51 bits per heavy atom. The second-order valence-corrected chi connectivity index (χ2v) is 10.5. The van der Waals surface area contributed by atoms with Crippen LogP contribution >= 0.6 is 0 Å². The molecule has 0 unspecified atom stereocenters. The second-order valence-electron chi connectivity index (χ2n) is 10.5. The van der Waals surface area contributed by atoms with E-state index in [9.17, 15) is 35.1 Å². The molecule has 5 rings (SSSR count). The van der Waals surface area contributed by atoms with E-state index in [-0.39, 0.29) is 22.8 Å². The standard InChI is InChI=1S/C29H30O12/c1-29(2,19-12-16-11-15-6-10-21(32)40-26(15)25(36)27(16)39-19)41-28-24(35)23(34)22(33)18(38-28)13-37-20(31)9-5-14-3-7-17(30)8-4-14/h3-11,18-19,22-24,28,30,33-36H,12-13H2,1-2H3/t18-,19-,22-,23-,24-,28+/m0/s1. The highest BCUT2D eigenvalue weighted by molar-refractivity contribution is 5.87. The molecule has 0 radical (unpaired) electrons. The molecule has 2 aliphatic rings. The zero-order chi connectivity index (χ0) is 29.5. The summed E-state index contributed by atoms with van der Waals surface area (Å²) in [7, 11) is 0. The zero-order valence-corrected chi connectivity index (χ0v) is 22.2. The molecule has 3 heterocycles. The first-order chi connectivity index (χ1) is 19.4. The minimum atomic E-state index is -1.67. The van der Waals surface area contributed by atoms with Gasteiger partial charge in [0, 0.05) is 29.5 Å². The lowest BCUT2D eigenvalue weighted by Crippen LogP contribution is -2.61. The van der Waals surface area contributed by atoms with Gasteiger partial charge in [0.1, 0.15) is 48.5 Å². The van der Waals surface area contributed by atoms with E-state index in [1.54, 1.807) is 32.0 Å². The van der Waals surface area contributed by atoms with Gasteiger partial charge in [0.25, 0.3) is 0 Å². The van der Waals surface area contributed by atoms with Crippen molar-refractivity contribution in [3.05, 3.63) is 70.1 Å². The van der Waals surface area contributed by atoms with Gasteiger partial charge in [0.15, 0.2) is 17.6 Å². The number of aliphatic hydroxyl groups excluding tert-OH is 3. The Kier molecular flexibility index (Phi) is 7.77. The molecule has 5 N–H and O–H groups in total. The van der Waals surface area contributed by atoms with E-state index >= 15 is 0 Å². The van der Waals surface area contributed by atoms with Crippen molar-refractivity contribution in [1.82, 2.24) is 0 Å². The lowest BCUT2D eigenvalue weighted by molar-refractivity contribution is -0.329. The molecule has 41 heavy (non-hydrogen) atoms. The largest absolute Gasteiger partial charge is 0.508 e. The molecular weight excluding hydrogens is 540 g/mol. The van der Waals surface area contributed by atoms with Gasteiger partial charge in [-0.2, -0.15) is 0 Å². The number of carbonyl (C=O) groups excluding carboxylic acids is 1. The van der Waals surface area contributed by atoms with Crippen molar-refractivity contribution in [3.63, 3.8) is 0 Å². The van der Waals surface area contributed by atoms with Crippen molar-refractivity contribution in [2.75, 3.05) is 6.61 Å². The Hall–Kier alpha value is -3.94. The second kappa shape index (κ2) is 11.1. The highest BCUT2D eigenvalue weighted by Gasteiger charge is 2.49. The number of phenols is 2. The average Bonchev–Trinajstić information content (AvgIpc) is 3.38.